The van der Waals surface area contributed by atoms with Gasteiger partial charge in [-0.2, -0.15) is 0 Å². The van der Waals surface area contributed by atoms with Crippen molar-refractivity contribution in [1.82, 2.24) is 4.90 Å². The van der Waals surface area contributed by atoms with Crippen molar-refractivity contribution in [2.75, 3.05) is 13.2 Å². The fourth-order valence-electron chi connectivity index (χ4n) is 1.31. The zero-order chi connectivity index (χ0) is 8.27. The molecule has 0 saturated heterocycles. The maximum Gasteiger partial charge on any atom is 0.0823 e. The van der Waals surface area contributed by atoms with Crippen LogP contribution in [-0.2, 0) is 0 Å². The summed E-state index contributed by atoms with van der Waals surface area (Å²) in [5, 5.41) is 16.0. The largest absolute Gasteiger partial charge is 0.394 e. The summed E-state index contributed by atoms with van der Waals surface area (Å²) in [5.41, 5.74) is 1.31. The zero-order valence-corrected chi connectivity index (χ0v) is 6.75. The van der Waals surface area contributed by atoms with Gasteiger partial charge in [0.15, 0.2) is 0 Å². The normalized spacial score (nSPS) is 24.7. The molecule has 1 rings (SSSR count). The van der Waals surface area contributed by atoms with Crippen LogP contribution in [0.5, 0.6) is 0 Å². The summed E-state index contributed by atoms with van der Waals surface area (Å²) in [7, 11) is 0. The van der Waals surface area contributed by atoms with E-state index in [1.165, 1.54) is 11.9 Å². The zero-order valence-electron chi connectivity index (χ0n) is 6.75. The van der Waals surface area contributed by atoms with E-state index < -0.39 is 0 Å². The standard InChI is InChI=1S/C8H14N2O/c1-7-2-3-10(6-9)8(4-7)5-11/h2,6,8-9,11H,3-5H2,1H3. The molecule has 0 saturated carbocycles. The second-order valence-corrected chi connectivity index (χ2v) is 2.92. The van der Waals surface area contributed by atoms with Crippen LogP contribution in [-0.4, -0.2) is 35.5 Å². The summed E-state index contributed by atoms with van der Waals surface area (Å²) in [6, 6.07) is 0.123. The van der Waals surface area contributed by atoms with Gasteiger partial charge in [0.05, 0.1) is 19.0 Å². The average molecular weight is 154 g/mol. The summed E-state index contributed by atoms with van der Waals surface area (Å²) in [6.07, 6.45) is 4.27. The van der Waals surface area contributed by atoms with E-state index >= 15 is 0 Å². The maximum absolute atomic E-state index is 8.94. The van der Waals surface area contributed by atoms with Crippen molar-refractivity contribution in [1.29, 1.82) is 5.41 Å². The fourth-order valence-corrected chi connectivity index (χ4v) is 1.31. The van der Waals surface area contributed by atoms with Gasteiger partial charge in [0, 0.05) is 6.54 Å². The van der Waals surface area contributed by atoms with Gasteiger partial charge in [-0.3, -0.25) is 5.41 Å². The lowest BCUT2D eigenvalue weighted by molar-refractivity contribution is 0.184. The van der Waals surface area contributed by atoms with Crippen molar-refractivity contribution in [2.45, 2.75) is 19.4 Å². The van der Waals surface area contributed by atoms with Gasteiger partial charge in [-0.05, 0) is 13.3 Å². The third-order valence-corrected chi connectivity index (χ3v) is 2.05. The topological polar surface area (TPSA) is 47.3 Å². The van der Waals surface area contributed by atoms with Gasteiger partial charge in [-0.15, -0.1) is 0 Å². The molecule has 0 fully saturated rings. The number of nitrogens with one attached hydrogen (secondary N) is 1. The highest BCUT2D eigenvalue weighted by atomic mass is 16.3. The van der Waals surface area contributed by atoms with Crippen molar-refractivity contribution in [3.63, 3.8) is 0 Å². The molecule has 3 heteroatoms. The Labute approximate surface area is 66.8 Å². The number of rotatable bonds is 2. The van der Waals surface area contributed by atoms with Crippen LogP contribution in [0.4, 0.5) is 0 Å². The number of aliphatic hydroxyl groups is 1. The molecule has 11 heavy (non-hydrogen) atoms. The lowest BCUT2D eigenvalue weighted by Gasteiger charge is -2.31. The first kappa shape index (κ1) is 8.27. The molecule has 0 aliphatic carbocycles. The van der Waals surface area contributed by atoms with E-state index in [1.54, 1.807) is 0 Å². The highest BCUT2D eigenvalue weighted by Crippen LogP contribution is 2.14. The highest BCUT2D eigenvalue weighted by molar-refractivity contribution is 5.52. The van der Waals surface area contributed by atoms with Crippen LogP contribution in [0.1, 0.15) is 13.3 Å². The molecule has 0 radical (unpaired) electrons. The van der Waals surface area contributed by atoms with Gasteiger partial charge in [0.1, 0.15) is 0 Å². The lowest BCUT2D eigenvalue weighted by atomic mass is 10.0. The Morgan fingerprint density at radius 2 is 2.64 bits per heavy atom. The molecule has 0 spiro atoms. The Kier molecular flexibility index (Phi) is 2.65. The summed E-state index contributed by atoms with van der Waals surface area (Å²) in [6.45, 7) is 2.96. The summed E-state index contributed by atoms with van der Waals surface area (Å²) in [4.78, 5) is 1.84. The molecule has 0 aromatic rings. The third-order valence-electron chi connectivity index (χ3n) is 2.05. The second kappa shape index (κ2) is 3.53. The monoisotopic (exact) mass is 154 g/mol. The molecule has 62 valence electrons. The van der Waals surface area contributed by atoms with Crippen LogP contribution in [0.2, 0.25) is 0 Å². The van der Waals surface area contributed by atoms with E-state index in [9.17, 15) is 0 Å². The van der Waals surface area contributed by atoms with Crippen LogP contribution in [0.15, 0.2) is 11.6 Å². The number of hydrogen-bond donors (Lipinski definition) is 2. The molecule has 2 N–H and O–H groups in total. The number of nitrogens with zero attached hydrogens (tertiary/aromatic N) is 1. The van der Waals surface area contributed by atoms with E-state index in [1.807, 2.05) is 4.90 Å². The van der Waals surface area contributed by atoms with E-state index in [4.69, 9.17) is 10.5 Å². The summed E-state index contributed by atoms with van der Waals surface area (Å²) in [5.74, 6) is 0. The van der Waals surface area contributed by atoms with Crippen molar-refractivity contribution < 1.29 is 5.11 Å². The Balaban J connectivity index is 2.62. The van der Waals surface area contributed by atoms with E-state index in [0.717, 1.165) is 13.0 Å². The Morgan fingerprint density at radius 3 is 3.18 bits per heavy atom. The predicted octanol–water partition coefficient (Wildman–Crippen LogP) is 0.606. The van der Waals surface area contributed by atoms with E-state index in [-0.39, 0.29) is 12.6 Å². The van der Waals surface area contributed by atoms with Crippen molar-refractivity contribution >= 4 is 6.34 Å². The minimum Gasteiger partial charge on any atom is -0.394 e. The van der Waals surface area contributed by atoms with Crippen LogP contribution in [0.3, 0.4) is 0 Å². The van der Waals surface area contributed by atoms with Crippen molar-refractivity contribution in [3.05, 3.63) is 11.6 Å². The van der Waals surface area contributed by atoms with Crippen LogP contribution >= 0.6 is 0 Å². The van der Waals surface area contributed by atoms with Gasteiger partial charge in [-0.1, -0.05) is 11.6 Å². The molecule has 1 aliphatic heterocycles. The molecular weight excluding hydrogens is 140 g/mol. The van der Waals surface area contributed by atoms with Crippen LogP contribution in [0.25, 0.3) is 0 Å². The lowest BCUT2D eigenvalue weighted by Crippen LogP contribution is -2.39. The SMILES string of the molecule is CC1=CCN(C=N)C(CO)C1. The molecular formula is C8H14N2O. The smallest absolute Gasteiger partial charge is 0.0823 e. The van der Waals surface area contributed by atoms with Gasteiger partial charge < -0.3 is 10.0 Å². The minimum atomic E-state index is 0.123. The van der Waals surface area contributed by atoms with Crippen molar-refractivity contribution in [2.24, 2.45) is 0 Å². The number of hydrogen-bond acceptors (Lipinski definition) is 2. The van der Waals surface area contributed by atoms with E-state index in [2.05, 4.69) is 13.0 Å². The Morgan fingerprint density at radius 1 is 1.91 bits per heavy atom. The molecule has 1 aliphatic rings. The summed E-state index contributed by atoms with van der Waals surface area (Å²) < 4.78 is 0. The van der Waals surface area contributed by atoms with Gasteiger partial charge in [0.25, 0.3) is 0 Å². The molecule has 0 bridgehead atoms. The first-order chi connectivity index (χ1) is 5.27. The van der Waals surface area contributed by atoms with Crippen LogP contribution in [0, 0.1) is 5.41 Å². The minimum absolute atomic E-state index is 0.123. The quantitative estimate of drug-likeness (QED) is 0.348. The Hall–Kier alpha value is -0.830. The first-order valence-electron chi connectivity index (χ1n) is 3.80. The van der Waals surface area contributed by atoms with Gasteiger partial charge >= 0.3 is 0 Å². The summed E-state index contributed by atoms with van der Waals surface area (Å²) >= 11 is 0. The molecule has 0 aromatic carbocycles. The number of aliphatic hydroxyl groups excluding tert-OH is 1. The highest BCUT2D eigenvalue weighted by Gasteiger charge is 2.17. The second-order valence-electron chi connectivity index (χ2n) is 2.92. The molecule has 3 nitrogen and oxygen atoms in total. The van der Waals surface area contributed by atoms with Gasteiger partial charge in [0.2, 0.25) is 0 Å². The van der Waals surface area contributed by atoms with Gasteiger partial charge in [-0.25, -0.2) is 0 Å². The fraction of sp³-hybridized carbons (Fsp3) is 0.625. The third kappa shape index (κ3) is 1.80. The molecule has 1 unspecified atom stereocenters. The predicted molar refractivity (Wildman–Crippen MR) is 44.7 cm³/mol. The van der Waals surface area contributed by atoms with E-state index in [0.29, 0.717) is 0 Å². The molecule has 0 aromatic heterocycles. The Bertz CT molecular complexity index is 177. The molecule has 1 atom stereocenters. The first-order valence-corrected chi connectivity index (χ1v) is 3.80. The average Bonchev–Trinajstić information content (AvgIpc) is 2.04. The van der Waals surface area contributed by atoms with Crippen LogP contribution < -0.4 is 0 Å². The maximum atomic E-state index is 8.94. The molecule has 0 amide bonds. The van der Waals surface area contributed by atoms with Crippen molar-refractivity contribution in [3.8, 4) is 0 Å². The molecule has 1 heterocycles.